The van der Waals surface area contributed by atoms with Crippen molar-refractivity contribution in [2.24, 2.45) is 0 Å². The number of aromatic nitrogens is 1. The Morgan fingerprint density at radius 2 is 1.81 bits per heavy atom. The van der Waals surface area contributed by atoms with Crippen molar-refractivity contribution in [1.29, 1.82) is 10.5 Å². The molecule has 0 spiro atoms. The van der Waals surface area contributed by atoms with E-state index in [4.69, 9.17) is 21.4 Å². The van der Waals surface area contributed by atoms with Crippen LogP contribution in [0.15, 0.2) is 48.7 Å². The second kappa shape index (κ2) is 11.0. The number of nitriles is 2. The first-order chi connectivity index (χ1) is 17.5. The van der Waals surface area contributed by atoms with E-state index in [1.807, 2.05) is 6.07 Å². The minimum Gasteiger partial charge on any atom is -0.491 e. The average molecular weight is 529 g/mol. The van der Waals surface area contributed by atoms with Crippen molar-refractivity contribution in [1.82, 2.24) is 4.98 Å². The molecule has 0 radical (unpaired) electrons. The summed E-state index contributed by atoms with van der Waals surface area (Å²) in [5, 5.41) is 27.9. The Balaban J connectivity index is 2.03. The summed E-state index contributed by atoms with van der Waals surface area (Å²) >= 11 is 6.25. The largest absolute Gasteiger partial charge is 0.491 e. The van der Waals surface area contributed by atoms with E-state index in [-0.39, 0.29) is 57.3 Å². The normalized spacial score (nSPS) is 10.8. The van der Waals surface area contributed by atoms with E-state index in [0.717, 1.165) is 11.1 Å². The molecule has 1 heterocycles. The third-order valence-corrected chi connectivity index (χ3v) is 5.48. The lowest BCUT2D eigenvalue weighted by Gasteiger charge is -2.22. The van der Waals surface area contributed by atoms with Gasteiger partial charge in [0.2, 0.25) is 0 Å². The second-order valence-electron chi connectivity index (χ2n) is 7.54. The van der Waals surface area contributed by atoms with Crippen LogP contribution in [0.25, 0.3) is 11.1 Å². The maximum atomic E-state index is 13.4. The second-order valence-corrected chi connectivity index (χ2v) is 7.95. The van der Waals surface area contributed by atoms with Gasteiger partial charge in [0.05, 0.1) is 30.2 Å². The smallest absolute Gasteiger partial charge is 0.433 e. The first kappa shape index (κ1) is 27.0. The Morgan fingerprint density at radius 3 is 2.43 bits per heavy atom. The molecule has 0 fully saturated rings. The molecular formula is C25H16ClF3N4O4. The molecule has 8 nitrogen and oxygen atoms in total. The first-order valence-electron chi connectivity index (χ1n) is 10.4. The van der Waals surface area contributed by atoms with Gasteiger partial charge < -0.3 is 14.7 Å². The summed E-state index contributed by atoms with van der Waals surface area (Å²) in [6.45, 7) is -0.206. The van der Waals surface area contributed by atoms with E-state index in [9.17, 15) is 33.3 Å². The summed E-state index contributed by atoms with van der Waals surface area (Å²) < 4.78 is 44.6. The van der Waals surface area contributed by atoms with E-state index >= 15 is 0 Å². The number of benzene rings is 2. The fraction of sp³-hybridized carbons (Fsp3) is 0.160. The number of nitrogens with zero attached hydrogens (tertiary/aromatic N) is 4. The third-order valence-electron chi connectivity index (χ3n) is 5.15. The van der Waals surface area contributed by atoms with Crippen molar-refractivity contribution >= 4 is 29.2 Å². The van der Waals surface area contributed by atoms with Crippen LogP contribution in [-0.2, 0) is 11.0 Å². The number of alkyl halides is 3. The summed E-state index contributed by atoms with van der Waals surface area (Å²) in [6.07, 6.45) is -4.20. The van der Waals surface area contributed by atoms with Gasteiger partial charge >= 0.3 is 12.1 Å². The van der Waals surface area contributed by atoms with Crippen molar-refractivity contribution in [3.05, 3.63) is 76.1 Å². The number of ether oxygens (including phenoxy) is 1. The molecule has 3 aromatic rings. The van der Waals surface area contributed by atoms with Gasteiger partial charge in [0.25, 0.3) is 5.91 Å². The number of anilines is 1. The number of carboxylic acids is 1. The molecule has 1 N–H and O–H groups in total. The average Bonchev–Trinajstić information content (AvgIpc) is 2.86. The van der Waals surface area contributed by atoms with Gasteiger partial charge in [0.15, 0.2) is 0 Å². The number of aliphatic carboxylic acids is 1. The summed E-state index contributed by atoms with van der Waals surface area (Å²) in [6, 6.07) is 12.7. The van der Waals surface area contributed by atoms with Gasteiger partial charge in [0.1, 0.15) is 23.2 Å². The van der Waals surface area contributed by atoms with E-state index in [0.29, 0.717) is 6.07 Å². The minimum atomic E-state index is -4.76. The van der Waals surface area contributed by atoms with Crippen LogP contribution in [-0.4, -0.2) is 35.6 Å². The van der Waals surface area contributed by atoms with E-state index < -0.39 is 23.7 Å². The maximum absolute atomic E-state index is 13.4. The zero-order chi connectivity index (χ0) is 27.3. The molecule has 3 rings (SSSR count). The van der Waals surface area contributed by atoms with E-state index in [1.165, 1.54) is 43.4 Å². The Morgan fingerprint density at radius 1 is 1.11 bits per heavy atom. The topological polar surface area (TPSA) is 127 Å². The molecule has 188 valence electrons. The molecule has 0 aliphatic rings. The molecule has 0 atom stereocenters. The van der Waals surface area contributed by atoms with E-state index in [2.05, 4.69) is 4.98 Å². The van der Waals surface area contributed by atoms with Gasteiger partial charge in [-0.2, -0.15) is 23.7 Å². The molecule has 37 heavy (non-hydrogen) atoms. The summed E-state index contributed by atoms with van der Waals surface area (Å²) in [7, 11) is 1.37. The number of pyridine rings is 1. The lowest BCUT2D eigenvalue weighted by Crippen LogP contribution is -2.27. The van der Waals surface area contributed by atoms with Crippen LogP contribution < -0.4 is 9.64 Å². The van der Waals surface area contributed by atoms with Gasteiger partial charge in [-0.15, -0.1) is 0 Å². The number of rotatable bonds is 7. The highest BCUT2D eigenvalue weighted by atomic mass is 35.5. The minimum absolute atomic E-state index is 0.00655. The summed E-state index contributed by atoms with van der Waals surface area (Å²) in [4.78, 5) is 28.7. The lowest BCUT2D eigenvalue weighted by atomic mass is 9.99. The number of hydrogen-bond acceptors (Lipinski definition) is 6. The number of para-hydroxylation sites is 1. The first-order valence-corrected chi connectivity index (χ1v) is 10.8. The van der Waals surface area contributed by atoms with Crippen molar-refractivity contribution < 1.29 is 32.6 Å². The predicted octanol–water partition coefficient (Wildman–Crippen LogP) is 5.29. The van der Waals surface area contributed by atoms with Crippen LogP contribution >= 0.6 is 11.6 Å². The van der Waals surface area contributed by atoms with Crippen LogP contribution in [0.1, 0.15) is 33.6 Å². The maximum Gasteiger partial charge on any atom is 0.433 e. The molecule has 0 bridgehead atoms. The zero-order valence-electron chi connectivity index (χ0n) is 19.0. The van der Waals surface area contributed by atoms with Gasteiger partial charge in [-0.3, -0.25) is 14.6 Å². The van der Waals surface area contributed by atoms with Crippen LogP contribution in [0, 0.1) is 22.7 Å². The molecule has 1 aromatic heterocycles. The van der Waals surface area contributed by atoms with Crippen molar-refractivity contribution in [3.63, 3.8) is 0 Å². The number of hydrogen-bond donors (Lipinski definition) is 1. The molecule has 2 aromatic carbocycles. The molecule has 0 aliphatic heterocycles. The van der Waals surface area contributed by atoms with Gasteiger partial charge in [0, 0.05) is 35.0 Å². The highest BCUT2D eigenvalue weighted by Crippen LogP contribution is 2.36. The third kappa shape index (κ3) is 5.97. The van der Waals surface area contributed by atoms with Crippen LogP contribution in [0.3, 0.4) is 0 Å². The summed E-state index contributed by atoms with van der Waals surface area (Å²) in [5.74, 6) is -1.63. The van der Waals surface area contributed by atoms with Crippen LogP contribution in [0.5, 0.6) is 5.75 Å². The number of carbonyl (C=O) groups is 2. The van der Waals surface area contributed by atoms with Gasteiger partial charge in [-0.25, -0.2) is 0 Å². The molecule has 0 saturated heterocycles. The lowest BCUT2D eigenvalue weighted by molar-refractivity contribution is -0.141. The SMILES string of the molecule is CN(C(=O)c1ccc(Cl)c(-c2cnc(C(F)(F)F)cc2C#N)c1)c1c(C#N)cccc1OCCC(=O)O. The quantitative estimate of drug-likeness (QED) is 0.441. The Hall–Kier alpha value is -4.61. The summed E-state index contributed by atoms with van der Waals surface area (Å²) in [5.41, 5.74) is -1.29. The molecule has 0 aliphatic carbocycles. The highest BCUT2D eigenvalue weighted by molar-refractivity contribution is 6.33. The van der Waals surface area contributed by atoms with E-state index in [1.54, 1.807) is 6.07 Å². The fourth-order valence-electron chi connectivity index (χ4n) is 3.40. The van der Waals surface area contributed by atoms with Crippen molar-refractivity contribution in [2.45, 2.75) is 12.6 Å². The van der Waals surface area contributed by atoms with Crippen LogP contribution in [0.4, 0.5) is 18.9 Å². The molecule has 12 heteroatoms. The zero-order valence-corrected chi connectivity index (χ0v) is 19.8. The molecule has 1 amide bonds. The molecular weight excluding hydrogens is 513 g/mol. The monoisotopic (exact) mass is 528 g/mol. The number of amides is 1. The Kier molecular flexibility index (Phi) is 8.01. The molecule has 0 saturated carbocycles. The number of halogens is 4. The number of carbonyl (C=O) groups excluding carboxylic acids is 1. The van der Waals surface area contributed by atoms with Gasteiger partial charge in [-0.05, 0) is 36.4 Å². The molecule has 0 unspecified atom stereocenters. The number of carboxylic acid groups (broad SMARTS) is 1. The predicted molar refractivity (Wildman–Crippen MR) is 126 cm³/mol. The Labute approximate surface area is 213 Å². The van der Waals surface area contributed by atoms with Crippen molar-refractivity contribution in [2.75, 3.05) is 18.6 Å². The highest BCUT2D eigenvalue weighted by Gasteiger charge is 2.33. The Bertz CT molecular complexity index is 1460. The van der Waals surface area contributed by atoms with Crippen molar-refractivity contribution in [3.8, 4) is 29.0 Å². The fourth-order valence-corrected chi connectivity index (χ4v) is 3.62. The standard InChI is InChI=1S/C25H16ClF3N4O4/c1-33(23-15(11-30)3-2-4-20(23)37-8-7-22(34)35)24(36)14-5-6-19(26)17(9-14)18-13-32-21(25(27,28)29)10-16(18)12-31/h2-6,9-10,13H,7-8H2,1H3,(H,34,35). The van der Waals surface area contributed by atoms with Gasteiger partial charge in [-0.1, -0.05) is 17.7 Å². The van der Waals surface area contributed by atoms with Crippen LogP contribution in [0.2, 0.25) is 5.02 Å².